The van der Waals surface area contributed by atoms with Crippen LogP contribution in [0.2, 0.25) is 0 Å². The average Bonchev–Trinajstić information content (AvgIpc) is 3.09. The van der Waals surface area contributed by atoms with E-state index >= 15 is 0 Å². The summed E-state index contributed by atoms with van der Waals surface area (Å²) in [6, 6.07) is 0. The van der Waals surface area contributed by atoms with Gasteiger partial charge in [0.05, 0.1) is 18.6 Å². The maximum absolute atomic E-state index is 5.78. The number of aromatic nitrogens is 1. The second-order valence-electron chi connectivity index (χ2n) is 7.51. The van der Waals surface area contributed by atoms with E-state index in [9.17, 15) is 0 Å². The number of rotatable bonds is 5. The Kier molecular flexibility index (Phi) is 4.96. The van der Waals surface area contributed by atoms with Crippen molar-refractivity contribution in [3.63, 3.8) is 0 Å². The Hall–Kier alpha value is -1.92. The number of hydrogen-bond acceptors (Lipinski definition) is 6. The molecule has 0 amide bonds. The van der Waals surface area contributed by atoms with E-state index in [0.29, 0.717) is 0 Å². The summed E-state index contributed by atoms with van der Waals surface area (Å²) in [5, 5.41) is 0. The normalized spacial score (nSPS) is 20.8. The molecule has 3 aliphatic rings. The molecule has 0 bridgehead atoms. The molecule has 0 aliphatic carbocycles. The van der Waals surface area contributed by atoms with Crippen molar-refractivity contribution in [2.75, 3.05) is 38.3 Å². The third kappa shape index (κ3) is 3.23. The van der Waals surface area contributed by atoms with Crippen molar-refractivity contribution in [3.8, 4) is 0 Å². The Morgan fingerprint density at radius 2 is 2.00 bits per heavy atom. The Labute approximate surface area is 156 Å². The van der Waals surface area contributed by atoms with Gasteiger partial charge in [-0.15, -0.1) is 0 Å². The first-order valence-electron chi connectivity index (χ1n) is 9.68. The third-order valence-corrected chi connectivity index (χ3v) is 5.80. The highest BCUT2D eigenvalue weighted by atomic mass is 16.5. The largest absolute Gasteiger partial charge is 0.366 e. The molecule has 3 aliphatic heterocycles. The molecular weight excluding hydrogens is 326 g/mol. The van der Waals surface area contributed by atoms with Crippen molar-refractivity contribution in [2.45, 2.75) is 45.8 Å². The topological polar surface area (TPSA) is 44.2 Å². The van der Waals surface area contributed by atoms with E-state index < -0.39 is 0 Å². The van der Waals surface area contributed by atoms with Crippen molar-refractivity contribution >= 4 is 17.7 Å². The van der Waals surface area contributed by atoms with Gasteiger partial charge in [-0.3, -0.25) is 9.89 Å². The number of hydrogen-bond donors (Lipinski definition) is 0. The minimum atomic E-state index is 0.218. The molecule has 0 N–H and O–H groups in total. The molecule has 1 unspecified atom stereocenters. The number of allylic oxidation sites excluding steroid dienone is 1. The van der Waals surface area contributed by atoms with Gasteiger partial charge in [0.15, 0.2) is 5.82 Å². The van der Waals surface area contributed by atoms with E-state index in [1.807, 2.05) is 19.5 Å². The van der Waals surface area contributed by atoms with Crippen molar-refractivity contribution in [1.82, 2.24) is 14.8 Å². The van der Waals surface area contributed by atoms with Crippen LogP contribution in [0.25, 0.3) is 0 Å². The zero-order valence-corrected chi connectivity index (χ0v) is 16.1. The highest BCUT2D eigenvalue weighted by Gasteiger charge is 2.29. The van der Waals surface area contributed by atoms with Gasteiger partial charge in [-0.25, -0.2) is 4.98 Å². The van der Waals surface area contributed by atoms with Crippen molar-refractivity contribution < 1.29 is 4.74 Å². The molecule has 1 saturated heterocycles. The molecule has 6 heteroatoms. The molecule has 4 rings (SSSR count). The maximum Gasteiger partial charge on any atom is 0.160 e. The van der Waals surface area contributed by atoms with Crippen LogP contribution in [-0.4, -0.2) is 60.6 Å². The fourth-order valence-corrected chi connectivity index (χ4v) is 4.07. The standard InChI is InChI=1S/C20H29N5O/c1-15-11-22-20-19(16(15)2)21-12-17-13-23(14-25(17)20)10-7-18(26-3)24-8-5-4-6-9-24/h11-13,18H,4-10,14H2,1-3H3. The number of fused-ring (bicyclic) bond motifs is 3. The lowest BCUT2D eigenvalue weighted by Crippen LogP contribution is -2.42. The first kappa shape index (κ1) is 17.5. The Bertz CT molecular complexity index is 723. The van der Waals surface area contributed by atoms with Crippen molar-refractivity contribution in [1.29, 1.82) is 0 Å². The number of pyridine rings is 1. The number of anilines is 1. The van der Waals surface area contributed by atoms with Crippen LogP contribution in [0.3, 0.4) is 0 Å². The molecule has 1 aromatic heterocycles. The van der Waals surface area contributed by atoms with Gasteiger partial charge in [0, 0.05) is 45.6 Å². The highest BCUT2D eigenvalue weighted by Crippen LogP contribution is 2.38. The fraction of sp³-hybridized carbons (Fsp3) is 0.600. The van der Waals surface area contributed by atoms with Crippen LogP contribution < -0.4 is 4.90 Å². The molecule has 1 atom stereocenters. The second kappa shape index (κ2) is 7.37. The lowest BCUT2D eigenvalue weighted by atomic mass is 10.1. The number of aryl methyl sites for hydroxylation is 1. The summed E-state index contributed by atoms with van der Waals surface area (Å²) >= 11 is 0. The zero-order chi connectivity index (χ0) is 18.1. The van der Waals surface area contributed by atoms with E-state index in [1.54, 1.807) is 0 Å². The first-order chi connectivity index (χ1) is 12.7. The van der Waals surface area contributed by atoms with Crippen molar-refractivity contribution in [2.24, 2.45) is 4.99 Å². The Morgan fingerprint density at radius 1 is 1.19 bits per heavy atom. The number of likely N-dealkylation sites (tertiary alicyclic amines) is 1. The molecule has 0 saturated carbocycles. The van der Waals surface area contributed by atoms with Gasteiger partial charge in [0.1, 0.15) is 11.9 Å². The van der Waals surface area contributed by atoms with Crippen molar-refractivity contribution in [3.05, 3.63) is 29.2 Å². The van der Waals surface area contributed by atoms with Gasteiger partial charge >= 0.3 is 0 Å². The summed E-state index contributed by atoms with van der Waals surface area (Å²) in [6.07, 6.45) is 11.3. The predicted octanol–water partition coefficient (Wildman–Crippen LogP) is 3.18. The molecule has 0 radical (unpaired) electrons. The van der Waals surface area contributed by atoms with Crippen LogP contribution in [0.4, 0.5) is 11.5 Å². The monoisotopic (exact) mass is 355 g/mol. The number of methoxy groups -OCH3 is 1. The molecule has 0 spiro atoms. The maximum atomic E-state index is 5.78. The predicted molar refractivity (Wildman–Crippen MR) is 105 cm³/mol. The average molecular weight is 355 g/mol. The lowest BCUT2D eigenvalue weighted by Gasteiger charge is -2.34. The van der Waals surface area contributed by atoms with Gasteiger partial charge in [0.2, 0.25) is 0 Å². The van der Waals surface area contributed by atoms with Crippen LogP contribution in [0.15, 0.2) is 23.1 Å². The third-order valence-electron chi connectivity index (χ3n) is 5.80. The lowest BCUT2D eigenvalue weighted by molar-refractivity contribution is -0.0485. The van der Waals surface area contributed by atoms with Crippen LogP contribution in [0.1, 0.15) is 36.8 Å². The summed E-state index contributed by atoms with van der Waals surface area (Å²) in [5.41, 5.74) is 4.54. The smallest absolute Gasteiger partial charge is 0.160 e. The molecular formula is C20H29N5O. The number of nitrogens with zero attached hydrogens (tertiary/aromatic N) is 5. The van der Waals surface area contributed by atoms with Crippen LogP contribution in [0.5, 0.6) is 0 Å². The zero-order valence-electron chi connectivity index (χ0n) is 16.1. The molecule has 1 fully saturated rings. The number of aliphatic imine (C=N–C) groups is 1. The summed E-state index contributed by atoms with van der Waals surface area (Å²) in [5.74, 6) is 0.976. The molecule has 4 heterocycles. The van der Waals surface area contributed by atoms with Crippen LogP contribution in [0, 0.1) is 13.8 Å². The number of ether oxygens (including phenoxy) is 1. The highest BCUT2D eigenvalue weighted by molar-refractivity contribution is 5.93. The first-order valence-corrected chi connectivity index (χ1v) is 9.68. The molecule has 26 heavy (non-hydrogen) atoms. The van der Waals surface area contributed by atoms with Gasteiger partial charge < -0.3 is 14.5 Å². The van der Waals surface area contributed by atoms with E-state index in [-0.39, 0.29) is 6.23 Å². The summed E-state index contributed by atoms with van der Waals surface area (Å²) in [4.78, 5) is 16.4. The van der Waals surface area contributed by atoms with E-state index in [4.69, 9.17) is 4.74 Å². The molecule has 0 aromatic carbocycles. The Balaban J connectivity index is 1.41. The molecule has 1 aromatic rings. The summed E-state index contributed by atoms with van der Waals surface area (Å²) < 4.78 is 5.78. The fourth-order valence-electron chi connectivity index (χ4n) is 4.07. The second-order valence-corrected chi connectivity index (χ2v) is 7.51. The summed E-state index contributed by atoms with van der Waals surface area (Å²) in [6.45, 7) is 8.34. The van der Waals surface area contributed by atoms with E-state index in [0.717, 1.165) is 49.9 Å². The minimum Gasteiger partial charge on any atom is -0.366 e. The van der Waals surface area contributed by atoms with Crippen LogP contribution in [-0.2, 0) is 4.74 Å². The Morgan fingerprint density at radius 3 is 2.77 bits per heavy atom. The SMILES string of the molecule is COC(CCN1C=C2C=Nc3c(ncc(C)c3C)N2C1)N1CCCCC1. The minimum absolute atomic E-state index is 0.218. The van der Waals surface area contributed by atoms with E-state index in [2.05, 4.69) is 44.7 Å². The number of piperidine rings is 1. The molecule has 140 valence electrons. The molecule has 6 nitrogen and oxygen atoms in total. The van der Waals surface area contributed by atoms with Gasteiger partial charge in [-0.2, -0.15) is 0 Å². The van der Waals surface area contributed by atoms with E-state index in [1.165, 1.54) is 30.4 Å². The van der Waals surface area contributed by atoms with Gasteiger partial charge in [0.25, 0.3) is 0 Å². The van der Waals surface area contributed by atoms with Gasteiger partial charge in [-0.05, 0) is 37.8 Å². The van der Waals surface area contributed by atoms with Gasteiger partial charge in [-0.1, -0.05) is 6.42 Å². The summed E-state index contributed by atoms with van der Waals surface area (Å²) in [7, 11) is 1.84. The van der Waals surface area contributed by atoms with Crippen LogP contribution >= 0.6 is 0 Å². The quantitative estimate of drug-likeness (QED) is 0.812.